The summed E-state index contributed by atoms with van der Waals surface area (Å²) in [5.74, 6) is 0. The molecule has 0 fully saturated rings. The molecule has 0 unspecified atom stereocenters. The minimum atomic E-state index is -0.167. The number of hydrogen-bond donors (Lipinski definition) is 3. The Morgan fingerprint density at radius 2 is 0.643 bits per heavy atom. The first-order valence-corrected chi connectivity index (χ1v) is 7.64. The quantitative estimate of drug-likeness (QED) is 0.435. The first-order chi connectivity index (χ1) is 6.20. The standard InChI is InChI=1S/3C3H8O.ClH3Si/c3*1-3(2)4;1-2/h3*3-4H,1-2H3;2H3. The van der Waals surface area contributed by atoms with E-state index in [1.807, 2.05) is 0 Å². The van der Waals surface area contributed by atoms with Gasteiger partial charge in [0.2, 0.25) is 0 Å². The lowest BCUT2D eigenvalue weighted by Gasteiger charge is -1.80. The highest BCUT2D eigenvalue weighted by Crippen LogP contribution is 1.65. The van der Waals surface area contributed by atoms with Crippen LogP contribution in [0.15, 0.2) is 0 Å². The molecule has 0 amide bonds. The first kappa shape index (κ1) is 23.9. The van der Waals surface area contributed by atoms with Crippen LogP contribution in [0.25, 0.3) is 0 Å². The Balaban J connectivity index is -0.0000000492. The van der Waals surface area contributed by atoms with Crippen LogP contribution < -0.4 is 0 Å². The SMILES string of the molecule is CC(C)O.CC(C)O.CC(C)O.[SiH3]Cl. The second-order valence-electron chi connectivity index (χ2n) is 3.28. The highest BCUT2D eigenvalue weighted by molar-refractivity contribution is 6.80. The van der Waals surface area contributed by atoms with Crippen molar-refractivity contribution in [3.63, 3.8) is 0 Å². The lowest BCUT2D eigenvalue weighted by molar-refractivity contribution is 0.215. The Morgan fingerprint density at radius 1 is 0.643 bits per heavy atom. The van der Waals surface area contributed by atoms with Gasteiger partial charge < -0.3 is 15.3 Å². The zero-order valence-corrected chi connectivity index (χ0v) is 13.2. The molecule has 0 aliphatic heterocycles. The molecule has 0 rings (SSSR count). The molecule has 0 spiro atoms. The second-order valence-corrected chi connectivity index (χ2v) is 3.28. The molecule has 14 heavy (non-hydrogen) atoms. The molecule has 0 atom stereocenters. The topological polar surface area (TPSA) is 60.7 Å². The van der Waals surface area contributed by atoms with Crippen LogP contribution in [0.5, 0.6) is 0 Å². The number of rotatable bonds is 0. The zero-order chi connectivity index (χ0) is 12.7. The van der Waals surface area contributed by atoms with Gasteiger partial charge >= 0.3 is 0 Å². The second kappa shape index (κ2) is 23.3. The van der Waals surface area contributed by atoms with E-state index < -0.39 is 0 Å². The highest BCUT2D eigenvalue weighted by atomic mass is 35.6. The van der Waals surface area contributed by atoms with E-state index in [-0.39, 0.29) is 18.3 Å². The lowest BCUT2D eigenvalue weighted by atomic mass is 10.5. The van der Waals surface area contributed by atoms with Crippen LogP contribution in [0.4, 0.5) is 0 Å². The molecule has 0 aromatic carbocycles. The van der Waals surface area contributed by atoms with Crippen LogP contribution in [-0.2, 0) is 0 Å². The highest BCUT2D eigenvalue weighted by Gasteiger charge is 1.70. The fraction of sp³-hybridized carbons (Fsp3) is 1.00. The molecule has 0 aromatic heterocycles. The summed E-state index contributed by atoms with van der Waals surface area (Å²) in [6, 6.07) is 0. The molecule has 0 aliphatic rings. The molecular weight excluding hydrogens is 220 g/mol. The molecule has 92 valence electrons. The van der Waals surface area contributed by atoms with Crippen molar-refractivity contribution >= 4 is 20.6 Å². The van der Waals surface area contributed by atoms with E-state index in [2.05, 4.69) is 0 Å². The minimum Gasteiger partial charge on any atom is -0.394 e. The molecule has 0 aliphatic carbocycles. The van der Waals surface area contributed by atoms with Gasteiger partial charge in [0.15, 0.2) is 0 Å². The maximum Gasteiger partial charge on any atom is 0.109 e. The summed E-state index contributed by atoms with van der Waals surface area (Å²) in [7, 11) is 0.778. The van der Waals surface area contributed by atoms with Gasteiger partial charge in [-0.2, -0.15) is 11.1 Å². The average molecular weight is 247 g/mol. The Bertz CT molecular complexity index is 48.5. The predicted molar refractivity (Wildman–Crippen MR) is 67.9 cm³/mol. The monoisotopic (exact) mass is 246 g/mol. The fourth-order valence-electron chi connectivity index (χ4n) is 0. The van der Waals surface area contributed by atoms with E-state index in [0.717, 1.165) is 9.55 Å². The third-order valence-electron chi connectivity index (χ3n) is 0. The zero-order valence-electron chi connectivity index (χ0n) is 10.5. The van der Waals surface area contributed by atoms with Crippen molar-refractivity contribution in [2.75, 3.05) is 0 Å². The van der Waals surface area contributed by atoms with E-state index in [9.17, 15) is 0 Å². The van der Waals surface area contributed by atoms with Gasteiger partial charge in [-0.3, -0.25) is 0 Å². The summed E-state index contributed by atoms with van der Waals surface area (Å²) in [6.07, 6.45) is -0.500. The average Bonchev–Trinajstić information content (AvgIpc) is 1.86. The molecule has 0 aromatic rings. The van der Waals surface area contributed by atoms with Gasteiger partial charge in [0.25, 0.3) is 0 Å². The lowest BCUT2D eigenvalue weighted by Crippen LogP contribution is -1.85. The van der Waals surface area contributed by atoms with Crippen molar-refractivity contribution in [2.24, 2.45) is 0 Å². The van der Waals surface area contributed by atoms with Crippen LogP contribution in [0.3, 0.4) is 0 Å². The van der Waals surface area contributed by atoms with E-state index in [0.29, 0.717) is 0 Å². The molecule has 0 heterocycles. The molecule has 0 saturated carbocycles. The molecule has 0 saturated heterocycles. The molecule has 0 radical (unpaired) electrons. The van der Waals surface area contributed by atoms with Crippen molar-refractivity contribution in [1.29, 1.82) is 0 Å². The Morgan fingerprint density at radius 3 is 0.643 bits per heavy atom. The van der Waals surface area contributed by atoms with Crippen molar-refractivity contribution in [3.05, 3.63) is 0 Å². The van der Waals surface area contributed by atoms with E-state index in [4.69, 9.17) is 26.4 Å². The molecule has 0 bridgehead atoms. The normalized spacial score (nSPS) is 8.36. The Labute approximate surface area is 96.2 Å². The maximum atomic E-state index is 8.06. The van der Waals surface area contributed by atoms with Crippen LogP contribution in [-0.4, -0.2) is 43.2 Å². The van der Waals surface area contributed by atoms with Crippen molar-refractivity contribution in [1.82, 2.24) is 0 Å². The van der Waals surface area contributed by atoms with E-state index in [1.165, 1.54) is 0 Å². The summed E-state index contributed by atoms with van der Waals surface area (Å²) in [5, 5.41) is 24.2. The molecule has 3 nitrogen and oxygen atoms in total. The van der Waals surface area contributed by atoms with Gasteiger partial charge in [-0.15, -0.1) is 0 Å². The molecule has 5 heteroatoms. The largest absolute Gasteiger partial charge is 0.394 e. The summed E-state index contributed by atoms with van der Waals surface area (Å²) >= 11 is 4.78. The van der Waals surface area contributed by atoms with Crippen molar-refractivity contribution in [3.8, 4) is 0 Å². The Hall–Kier alpha value is 0.387. The van der Waals surface area contributed by atoms with Crippen LogP contribution in [0.1, 0.15) is 41.5 Å². The molecular formula is C9H27ClO3Si. The number of halogens is 1. The number of hydrogen-bond acceptors (Lipinski definition) is 3. The molecule has 3 N–H and O–H groups in total. The number of aliphatic hydroxyl groups excluding tert-OH is 3. The van der Waals surface area contributed by atoms with Crippen molar-refractivity contribution < 1.29 is 15.3 Å². The van der Waals surface area contributed by atoms with Gasteiger partial charge in [-0.1, -0.05) is 0 Å². The van der Waals surface area contributed by atoms with Gasteiger partial charge in [-0.25, -0.2) is 0 Å². The summed E-state index contributed by atoms with van der Waals surface area (Å²) < 4.78 is 0. The van der Waals surface area contributed by atoms with E-state index in [1.54, 1.807) is 41.5 Å². The van der Waals surface area contributed by atoms with E-state index >= 15 is 0 Å². The third kappa shape index (κ3) is 10700. The van der Waals surface area contributed by atoms with Crippen LogP contribution >= 0.6 is 11.1 Å². The maximum absolute atomic E-state index is 8.06. The fourth-order valence-corrected chi connectivity index (χ4v) is 0. The predicted octanol–water partition coefficient (Wildman–Crippen LogP) is 0.667. The van der Waals surface area contributed by atoms with Gasteiger partial charge in [0.1, 0.15) is 9.55 Å². The van der Waals surface area contributed by atoms with Crippen LogP contribution in [0.2, 0.25) is 0 Å². The third-order valence-corrected chi connectivity index (χ3v) is 0. The van der Waals surface area contributed by atoms with Crippen molar-refractivity contribution in [2.45, 2.75) is 59.9 Å². The number of aliphatic hydroxyl groups is 3. The Kier molecular flexibility index (Phi) is 39.8. The summed E-state index contributed by atoms with van der Waals surface area (Å²) in [4.78, 5) is 0. The first-order valence-electron chi connectivity index (χ1n) is 4.62. The summed E-state index contributed by atoms with van der Waals surface area (Å²) in [6.45, 7) is 10.3. The van der Waals surface area contributed by atoms with Gasteiger partial charge in [-0.05, 0) is 41.5 Å². The minimum absolute atomic E-state index is 0.167. The van der Waals surface area contributed by atoms with Gasteiger partial charge in [0.05, 0.1) is 0 Å². The smallest absolute Gasteiger partial charge is 0.109 e. The van der Waals surface area contributed by atoms with Gasteiger partial charge in [0, 0.05) is 18.3 Å². The van der Waals surface area contributed by atoms with Crippen LogP contribution in [0, 0.1) is 0 Å². The summed E-state index contributed by atoms with van der Waals surface area (Å²) in [5.41, 5.74) is 0.